The monoisotopic (exact) mass is 366 g/mol. The van der Waals surface area contributed by atoms with Crippen LogP contribution in [0, 0.1) is 0 Å². The molecule has 0 aliphatic carbocycles. The number of H-pyrrole nitrogens is 1. The predicted octanol–water partition coefficient (Wildman–Crippen LogP) is 1.22. The third-order valence-electron chi connectivity index (χ3n) is 1.98. The molecule has 0 saturated heterocycles. The molecule has 8 nitrogen and oxygen atoms in total. The van der Waals surface area contributed by atoms with E-state index in [4.69, 9.17) is 0 Å². The van der Waals surface area contributed by atoms with Gasteiger partial charge in [0.15, 0.2) is 0 Å². The molecule has 102 valence electrons. The van der Waals surface area contributed by atoms with Crippen molar-refractivity contribution >= 4 is 49.2 Å². The molecule has 19 heavy (non-hydrogen) atoms. The minimum atomic E-state index is -3.86. The predicted molar refractivity (Wildman–Crippen MR) is 70.5 cm³/mol. The van der Waals surface area contributed by atoms with Gasteiger partial charge in [0.1, 0.15) is 16.1 Å². The van der Waals surface area contributed by atoms with Crippen molar-refractivity contribution in [1.29, 1.82) is 0 Å². The number of ether oxygens (including phenoxy) is 1. The van der Waals surface area contributed by atoms with E-state index in [9.17, 15) is 13.2 Å². The highest BCUT2D eigenvalue weighted by atomic mass is 79.9. The first kappa shape index (κ1) is 14.0. The molecule has 2 N–H and O–H groups in total. The largest absolute Gasteiger partial charge is 0.465 e. The fraction of sp³-hybridized carbons (Fsp3) is 0.125. The van der Waals surface area contributed by atoms with Gasteiger partial charge in [-0.3, -0.25) is 0 Å². The number of nitrogens with zero attached hydrogens (tertiary/aromatic N) is 2. The summed E-state index contributed by atoms with van der Waals surface area (Å²) in [4.78, 5) is 15.1. The van der Waals surface area contributed by atoms with Crippen LogP contribution >= 0.6 is 27.3 Å². The number of hydrogen-bond acceptors (Lipinski definition) is 7. The first-order chi connectivity index (χ1) is 8.94. The van der Waals surface area contributed by atoms with Gasteiger partial charge in [0.05, 0.1) is 10.9 Å². The second kappa shape index (κ2) is 5.27. The lowest BCUT2D eigenvalue weighted by Crippen LogP contribution is -2.13. The van der Waals surface area contributed by atoms with Crippen LogP contribution in [-0.4, -0.2) is 36.7 Å². The van der Waals surface area contributed by atoms with Crippen molar-refractivity contribution in [3.8, 4) is 0 Å². The number of carbonyl (C=O) groups excluding carboxylic acids is 1. The Morgan fingerprint density at radius 3 is 2.89 bits per heavy atom. The zero-order chi connectivity index (χ0) is 14.0. The van der Waals surface area contributed by atoms with E-state index in [0.29, 0.717) is 3.79 Å². The van der Waals surface area contributed by atoms with E-state index in [1.807, 2.05) is 0 Å². The third kappa shape index (κ3) is 2.93. The van der Waals surface area contributed by atoms with Gasteiger partial charge in [-0.2, -0.15) is 10.1 Å². The molecule has 0 amide bonds. The summed E-state index contributed by atoms with van der Waals surface area (Å²) in [7, 11) is -2.64. The molecule has 0 fully saturated rings. The first-order valence-electron chi connectivity index (χ1n) is 4.70. The Hall–Kier alpha value is -1.46. The van der Waals surface area contributed by atoms with Crippen LogP contribution in [-0.2, 0) is 14.8 Å². The van der Waals surface area contributed by atoms with Gasteiger partial charge >= 0.3 is 5.97 Å². The Kier molecular flexibility index (Phi) is 3.87. The number of anilines is 1. The average molecular weight is 367 g/mol. The number of esters is 1. The van der Waals surface area contributed by atoms with Crippen molar-refractivity contribution < 1.29 is 17.9 Å². The molecule has 2 aromatic heterocycles. The van der Waals surface area contributed by atoms with Crippen molar-refractivity contribution in [3.63, 3.8) is 0 Å². The number of sulfonamides is 1. The Labute approximate surface area is 120 Å². The molecule has 2 heterocycles. The number of carbonyl (C=O) groups is 1. The Morgan fingerprint density at radius 2 is 2.32 bits per heavy atom. The Balaban J connectivity index is 2.35. The van der Waals surface area contributed by atoms with E-state index >= 15 is 0 Å². The molecule has 0 unspecified atom stereocenters. The summed E-state index contributed by atoms with van der Waals surface area (Å²) in [5.74, 6) is -0.621. The van der Waals surface area contributed by atoms with Crippen LogP contribution in [0.25, 0.3) is 0 Å². The number of nitrogens with one attached hydrogen (secondary N) is 2. The van der Waals surface area contributed by atoms with Crippen LogP contribution < -0.4 is 4.72 Å². The zero-order valence-corrected chi connectivity index (χ0v) is 12.6. The topological polar surface area (TPSA) is 114 Å². The highest BCUT2D eigenvalue weighted by Gasteiger charge is 2.24. The first-order valence-corrected chi connectivity index (χ1v) is 7.79. The molecule has 0 aliphatic rings. The number of halogens is 1. The minimum absolute atomic E-state index is 0.0160. The van der Waals surface area contributed by atoms with E-state index in [1.165, 1.54) is 19.5 Å². The maximum atomic E-state index is 12.1. The van der Waals surface area contributed by atoms with Crippen molar-refractivity contribution in [2.75, 3.05) is 11.8 Å². The van der Waals surface area contributed by atoms with Crippen molar-refractivity contribution in [3.05, 3.63) is 21.1 Å². The van der Waals surface area contributed by atoms with Crippen LogP contribution in [0.2, 0.25) is 0 Å². The molecule has 0 aliphatic heterocycles. The van der Waals surface area contributed by atoms with Crippen molar-refractivity contribution in [2.24, 2.45) is 0 Å². The molecule has 0 atom stereocenters. The summed E-state index contributed by atoms with van der Waals surface area (Å²) in [5.41, 5.74) is 0. The fourth-order valence-corrected chi connectivity index (χ4v) is 4.62. The molecule has 0 saturated carbocycles. The number of aromatic amines is 1. The zero-order valence-electron chi connectivity index (χ0n) is 9.38. The van der Waals surface area contributed by atoms with Crippen LogP contribution in [0.4, 0.5) is 5.95 Å². The number of methoxy groups -OCH3 is 1. The SMILES string of the molecule is COC(=O)c1cc(S(=O)(=O)Nc2ncn[nH]2)c(Br)s1. The molecule has 2 rings (SSSR count). The molecule has 11 heteroatoms. The number of rotatable bonds is 4. The van der Waals surface area contributed by atoms with Crippen molar-refractivity contribution in [2.45, 2.75) is 4.90 Å². The van der Waals surface area contributed by atoms with Gasteiger partial charge in [0, 0.05) is 0 Å². The van der Waals surface area contributed by atoms with Gasteiger partial charge < -0.3 is 4.74 Å². The van der Waals surface area contributed by atoms with Gasteiger partial charge in [-0.1, -0.05) is 0 Å². The normalized spacial score (nSPS) is 11.3. The van der Waals surface area contributed by atoms with Gasteiger partial charge in [0.2, 0.25) is 5.95 Å². The van der Waals surface area contributed by atoms with E-state index in [1.54, 1.807) is 0 Å². The summed E-state index contributed by atoms with van der Waals surface area (Å²) in [6.45, 7) is 0. The second-order valence-electron chi connectivity index (χ2n) is 3.18. The third-order valence-corrected chi connectivity index (χ3v) is 5.55. The van der Waals surface area contributed by atoms with Gasteiger partial charge in [-0.15, -0.1) is 11.3 Å². The van der Waals surface area contributed by atoms with E-state index in [2.05, 4.69) is 40.6 Å². The van der Waals surface area contributed by atoms with E-state index in [-0.39, 0.29) is 15.7 Å². The summed E-state index contributed by atoms with van der Waals surface area (Å²) in [5, 5.41) is 5.89. The molecule has 2 aromatic rings. The highest BCUT2D eigenvalue weighted by Crippen LogP contribution is 2.32. The standard InChI is InChI=1S/C8H7BrN4O4S2/c1-17-7(14)4-2-5(6(9)18-4)19(15,16)13-8-10-3-11-12-8/h2-3H,1H3,(H2,10,11,12,13). The van der Waals surface area contributed by atoms with Crippen molar-refractivity contribution in [1.82, 2.24) is 15.2 Å². The fourth-order valence-electron chi connectivity index (χ4n) is 1.17. The van der Waals surface area contributed by atoms with Gasteiger partial charge in [-0.05, 0) is 22.0 Å². The minimum Gasteiger partial charge on any atom is -0.465 e. The molecule has 0 spiro atoms. The second-order valence-corrected chi connectivity index (χ2v) is 7.20. The Morgan fingerprint density at radius 1 is 1.58 bits per heavy atom. The van der Waals surface area contributed by atoms with Crippen LogP contribution in [0.5, 0.6) is 0 Å². The van der Waals surface area contributed by atoms with E-state index < -0.39 is 16.0 Å². The van der Waals surface area contributed by atoms with Crippen LogP contribution in [0.1, 0.15) is 9.67 Å². The maximum absolute atomic E-state index is 12.1. The lowest BCUT2D eigenvalue weighted by molar-refractivity contribution is 0.0606. The van der Waals surface area contributed by atoms with Gasteiger partial charge in [0.25, 0.3) is 10.0 Å². The molecular weight excluding hydrogens is 360 g/mol. The number of aromatic nitrogens is 3. The molecule has 0 aromatic carbocycles. The lowest BCUT2D eigenvalue weighted by atomic mass is 10.5. The summed E-state index contributed by atoms with van der Waals surface area (Å²) in [6.07, 6.45) is 1.17. The average Bonchev–Trinajstić information content (AvgIpc) is 2.97. The lowest BCUT2D eigenvalue weighted by Gasteiger charge is -2.02. The van der Waals surface area contributed by atoms with Crippen LogP contribution in [0.3, 0.4) is 0 Å². The molecule has 0 radical (unpaired) electrons. The number of thiophene rings is 1. The Bertz CT molecular complexity index is 694. The molecular formula is C8H7BrN4O4S2. The number of hydrogen-bond donors (Lipinski definition) is 2. The maximum Gasteiger partial charge on any atom is 0.348 e. The van der Waals surface area contributed by atoms with E-state index in [0.717, 1.165) is 11.3 Å². The smallest absolute Gasteiger partial charge is 0.348 e. The summed E-state index contributed by atoms with van der Waals surface area (Å²) < 4.78 is 31.2. The quantitative estimate of drug-likeness (QED) is 0.786. The van der Waals surface area contributed by atoms with Gasteiger partial charge in [-0.25, -0.2) is 23.0 Å². The molecule has 0 bridgehead atoms. The highest BCUT2D eigenvalue weighted by molar-refractivity contribution is 9.11. The summed E-state index contributed by atoms with van der Waals surface area (Å²) >= 11 is 4.06. The van der Waals surface area contributed by atoms with Crippen LogP contribution in [0.15, 0.2) is 21.1 Å². The summed E-state index contributed by atoms with van der Waals surface area (Å²) in [6, 6.07) is 1.22.